The van der Waals surface area contributed by atoms with Gasteiger partial charge >= 0.3 is 18.2 Å². The lowest BCUT2D eigenvalue weighted by molar-refractivity contribution is -0.174. The van der Waals surface area contributed by atoms with Crippen LogP contribution in [0, 0.1) is 36.5 Å². The molecular weight excluding hydrogens is 411 g/mol. The number of aromatic carboxylic acids is 1. The van der Waals surface area contributed by atoms with Gasteiger partial charge in [-0.3, -0.25) is 4.98 Å². The van der Waals surface area contributed by atoms with Gasteiger partial charge in [-0.05, 0) is 49.5 Å². The van der Waals surface area contributed by atoms with E-state index < -0.39 is 30.0 Å². The number of carbonyl (C=O) groups excluding carboxylic acids is 1. The van der Waals surface area contributed by atoms with Gasteiger partial charge in [0.2, 0.25) is 0 Å². The summed E-state index contributed by atoms with van der Waals surface area (Å²) in [5.74, 6) is -2.95. The average molecular weight is 435 g/mol. The van der Waals surface area contributed by atoms with E-state index in [-0.39, 0.29) is 29.0 Å². The molecule has 0 aromatic carbocycles. The molecule has 1 saturated heterocycles. The summed E-state index contributed by atoms with van der Waals surface area (Å²) < 4.78 is 40.3. The number of nitrogens with one attached hydrogen (secondary N) is 1. The van der Waals surface area contributed by atoms with E-state index >= 15 is 0 Å². The molecule has 2 N–H and O–H groups in total. The predicted molar refractivity (Wildman–Crippen MR) is 108 cm³/mol. The number of urea groups is 1. The lowest BCUT2D eigenvalue weighted by atomic mass is 9.77. The summed E-state index contributed by atoms with van der Waals surface area (Å²) >= 11 is 0. The molecule has 6 nitrogen and oxygen atoms in total. The number of aryl methyl sites for hydroxylation is 1. The van der Waals surface area contributed by atoms with Crippen LogP contribution in [0.15, 0.2) is 36.6 Å². The van der Waals surface area contributed by atoms with Gasteiger partial charge in [0, 0.05) is 25.0 Å². The number of amides is 2. The fourth-order valence-electron chi connectivity index (χ4n) is 5.26. The zero-order valence-corrected chi connectivity index (χ0v) is 17.0. The smallest absolute Gasteiger partial charge is 0.395 e. The fourth-order valence-corrected chi connectivity index (χ4v) is 5.26. The second kappa shape index (κ2) is 8.01. The third-order valence-electron chi connectivity index (χ3n) is 6.69. The molecule has 2 aliphatic carbocycles. The Morgan fingerprint density at radius 1 is 1.13 bits per heavy atom. The molecule has 0 radical (unpaired) electrons. The number of anilines is 1. The number of nitrogens with zero attached hydrogens (tertiary/aromatic N) is 2. The average Bonchev–Trinajstić information content (AvgIpc) is 3.26. The maximum atomic E-state index is 13.4. The summed E-state index contributed by atoms with van der Waals surface area (Å²) in [7, 11) is 0. The van der Waals surface area contributed by atoms with Gasteiger partial charge in [-0.1, -0.05) is 24.3 Å². The van der Waals surface area contributed by atoms with Crippen molar-refractivity contribution in [1.29, 1.82) is 0 Å². The summed E-state index contributed by atoms with van der Waals surface area (Å²) in [6, 6.07) is 1.11. The Bertz CT molecular complexity index is 930. The van der Waals surface area contributed by atoms with E-state index in [9.17, 15) is 27.9 Å². The van der Waals surface area contributed by atoms with Crippen molar-refractivity contribution in [3.05, 3.63) is 47.8 Å². The largest absolute Gasteiger partial charge is 0.478 e. The first-order valence-corrected chi connectivity index (χ1v) is 10.3. The van der Waals surface area contributed by atoms with Gasteiger partial charge in [0.05, 0.1) is 11.6 Å². The first-order chi connectivity index (χ1) is 14.6. The van der Waals surface area contributed by atoms with Crippen molar-refractivity contribution in [1.82, 2.24) is 9.88 Å². The Morgan fingerprint density at radius 3 is 2.39 bits per heavy atom. The van der Waals surface area contributed by atoms with Gasteiger partial charge in [-0.2, -0.15) is 13.2 Å². The molecule has 2 heterocycles. The van der Waals surface area contributed by atoms with Crippen LogP contribution in [0.4, 0.5) is 23.7 Å². The molecule has 1 aromatic heterocycles. The maximum Gasteiger partial charge on any atom is 0.395 e. The number of carboxylic acids is 1. The highest BCUT2D eigenvalue weighted by molar-refractivity contribution is 5.99. The maximum absolute atomic E-state index is 13.4. The predicted octanol–water partition coefficient (Wildman–Crippen LogP) is 4.50. The number of carbonyl (C=O) groups is 2. The van der Waals surface area contributed by atoms with Crippen LogP contribution in [-0.2, 0) is 0 Å². The number of hydrogen-bond acceptors (Lipinski definition) is 3. The number of hydrogen-bond donors (Lipinski definition) is 2. The Hall–Kier alpha value is -2.84. The molecule has 3 aliphatic rings. The first-order valence-electron chi connectivity index (χ1n) is 10.3. The van der Waals surface area contributed by atoms with E-state index in [0.29, 0.717) is 31.6 Å². The van der Waals surface area contributed by atoms with Crippen LogP contribution in [0.25, 0.3) is 0 Å². The number of fused-ring (bicyclic) bond motifs is 1. The van der Waals surface area contributed by atoms with Gasteiger partial charge in [-0.15, -0.1) is 0 Å². The molecule has 2 fully saturated rings. The van der Waals surface area contributed by atoms with Crippen LogP contribution in [0.1, 0.15) is 28.9 Å². The molecule has 9 heteroatoms. The minimum atomic E-state index is -4.26. The van der Waals surface area contributed by atoms with Crippen molar-refractivity contribution >= 4 is 17.7 Å². The van der Waals surface area contributed by atoms with Gasteiger partial charge in [0.1, 0.15) is 5.56 Å². The summed E-state index contributed by atoms with van der Waals surface area (Å²) in [6.07, 6.45) is 4.32. The topological polar surface area (TPSA) is 82.5 Å². The monoisotopic (exact) mass is 435 g/mol. The van der Waals surface area contributed by atoms with Crippen molar-refractivity contribution in [2.45, 2.75) is 25.9 Å². The summed E-state index contributed by atoms with van der Waals surface area (Å²) in [6.45, 7) is 2.62. The second-order valence-corrected chi connectivity index (χ2v) is 8.68. The van der Waals surface area contributed by atoms with E-state index in [1.54, 1.807) is 24.0 Å². The molecule has 2 unspecified atom stereocenters. The molecule has 1 aliphatic heterocycles. The number of likely N-dealkylation sites (tertiary alicyclic amines) is 1. The van der Waals surface area contributed by atoms with Crippen LogP contribution in [0.2, 0.25) is 0 Å². The van der Waals surface area contributed by atoms with Gasteiger partial charge in [-0.25, -0.2) is 9.59 Å². The van der Waals surface area contributed by atoms with E-state index in [0.717, 1.165) is 0 Å². The number of allylic oxidation sites excluding steroid dienone is 4. The van der Waals surface area contributed by atoms with E-state index in [1.165, 1.54) is 24.4 Å². The van der Waals surface area contributed by atoms with E-state index in [1.807, 2.05) is 0 Å². The van der Waals surface area contributed by atoms with Gasteiger partial charge in [0.15, 0.2) is 0 Å². The lowest BCUT2D eigenvalue weighted by Crippen LogP contribution is -2.36. The van der Waals surface area contributed by atoms with Gasteiger partial charge in [0.25, 0.3) is 0 Å². The molecule has 5 atom stereocenters. The number of pyridine rings is 1. The molecule has 166 valence electrons. The van der Waals surface area contributed by atoms with Crippen molar-refractivity contribution < 1.29 is 27.9 Å². The van der Waals surface area contributed by atoms with Crippen molar-refractivity contribution in [3.8, 4) is 0 Å². The zero-order chi connectivity index (χ0) is 22.3. The summed E-state index contributed by atoms with van der Waals surface area (Å²) in [5, 5.41) is 12.0. The Kier molecular flexibility index (Phi) is 5.53. The van der Waals surface area contributed by atoms with Crippen LogP contribution >= 0.6 is 0 Å². The molecule has 4 rings (SSSR count). The van der Waals surface area contributed by atoms with Crippen molar-refractivity contribution in [2.24, 2.45) is 29.6 Å². The van der Waals surface area contributed by atoms with Crippen LogP contribution < -0.4 is 5.32 Å². The molecule has 1 aromatic rings. The Balaban J connectivity index is 1.39. The molecule has 2 amide bonds. The standard InChI is InChI=1S/C22H24F3N3O3/c1-12-6-19(17(9-26-12)20(29)30)27-21(31)28-10-14-7-13(8-15(14)11-28)16-4-2-3-5-18(16)22(23,24)25/h2-6,9,13-16,18H,7-8,10-11H2,1H3,(H,29,30)(H,26,27,31)/t13-,14-,15+,16?,18?. The van der Waals surface area contributed by atoms with Crippen LogP contribution in [0.5, 0.6) is 0 Å². The Labute approximate surface area is 177 Å². The fraction of sp³-hybridized carbons (Fsp3) is 0.500. The SMILES string of the molecule is Cc1cc(NC(=O)N2C[C@H]3C[C@@H](C4C=CC=CC4C(F)(F)F)C[C@H]3C2)c(C(=O)O)cn1. The molecule has 0 spiro atoms. The third-order valence-corrected chi connectivity index (χ3v) is 6.69. The minimum absolute atomic E-state index is 0.0607. The second-order valence-electron chi connectivity index (χ2n) is 8.68. The number of aromatic nitrogens is 1. The summed E-state index contributed by atoms with van der Waals surface area (Å²) in [4.78, 5) is 29.7. The van der Waals surface area contributed by atoms with Crippen molar-refractivity contribution in [2.75, 3.05) is 18.4 Å². The summed E-state index contributed by atoms with van der Waals surface area (Å²) in [5.41, 5.74) is 0.677. The molecular formula is C22H24F3N3O3. The van der Waals surface area contributed by atoms with Crippen LogP contribution in [0.3, 0.4) is 0 Å². The van der Waals surface area contributed by atoms with Crippen LogP contribution in [-0.4, -0.2) is 46.3 Å². The van der Waals surface area contributed by atoms with Crippen molar-refractivity contribution in [3.63, 3.8) is 0 Å². The molecule has 0 bridgehead atoms. The Morgan fingerprint density at radius 2 is 1.77 bits per heavy atom. The molecule has 1 saturated carbocycles. The van der Waals surface area contributed by atoms with E-state index in [4.69, 9.17) is 0 Å². The highest BCUT2D eigenvalue weighted by Crippen LogP contribution is 2.50. The lowest BCUT2D eigenvalue weighted by Gasteiger charge is -2.31. The first kappa shape index (κ1) is 21.4. The van der Waals surface area contributed by atoms with E-state index in [2.05, 4.69) is 10.3 Å². The zero-order valence-electron chi connectivity index (χ0n) is 17.0. The van der Waals surface area contributed by atoms with Gasteiger partial charge < -0.3 is 15.3 Å². The number of halogens is 3. The minimum Gasteiger partial charge on any atom is -0.478 e. The molecule has 31 heavy (non-hydrogen) atoms. The third kappa shape index (κ3) is 4.31. The number of rotatable bonds is 3. The quantitative estimate of drug-likeness (QED) is 0.733. The number of alkyl halides is 3. The highest BCUT2D eigenvalue weighted by atomic mass is 19.4. The highest BCUT2D eigenvalue weighted by Gasteiger charge is 2.50. The number of carboxylic acid groups (broad SMARTS) is 1. The normalized spacial score (nSPS) is 29.8.